The maximum atomic E-state index is 12.3. The molecule has 3 rings (SSSR count). The zero-order valence-corrected chi connectivity index (χ0v) is 15.2. The number of benzene rings is 2. The molecule has 0 bridgehead atoms. The van der Waals surface area contributed by atoms with Crippen LogP contribution < -0.4 is 5.32 Å². The number of carbonyl (C=O) groups excluding carboxylic acids is 1. The number of aromatic nitrogens is 2. The zero-order valence-electron chi connectivity index (χ0n) is 15.2. The van der Waals surface area contributed by atoms with Crippen LogP contribution >= 0.6 is 0 Å². The van der Waals surface area contributed by atoms with E-state index >= 15 is 0 Å². The van der Waals surface area contributed by atoms with E-state index in [1.807, 2.05) is 0 Å². The molecule has 1 amide bonds. The van der Waals surface area contributed by atoms with Crippen LogP contribution in [0.25, 0.3) is 11.8 Å². The number of hydrogen-bond acceptors (Lipinski definition) is 6. The standard InChI is InChI=1S/C19H15N5O5/c1-13-12-18(22(21-13)15-7-9-17(10-8-15)24(28)29)20-19(25)11-4-14-2-5-16(6-3-14)23(26)27/h2-12H,1H3,(H,20,25)/b11-4+. The second-order valence-corrected chi connectivity index (χ2v) is 6.03. The van der Waals surface area contributed by atoms with Gasteiger partial charge in [0.2, 0.25) is 5.91 Å². The van der Waals surface area contributed by atoms with Crippen molar-refractivity contribution in [2.45, 2.75) is 6.92 Å². The molecule has 0 aliphatic heterocycles. The van der Waals surface area contributed by atoms with Gasteiger partial charge in [0.05, 0.1) is 21.2 Å². The lowest BCUT2D eigenvalue weighted by molar-refractivity contribution is -0.385. The summed E-state index contributed by atoms with van der Waals surface area (Å²) in [7, 11) is 0. The molecule has 0 aliphatic carbocycles. The van der Waals surface area contributed by atoms with Crippen molar-refractivity contribution in [3.05, 3.63) is 92.2 Å². The van der Waals surface area contributed by atoms with Gasteiger partial charge in [0.15, 0.2) is 0 Å². The number of non-ortho nitro benzene ring substituents is 2. The minimum Gasteiger partial charge on any atom is -0.307 e. The van der Waals surface area contributed by atoms with Gasteiger partial charge in [0.25, 0.3) is 11.4 Å². The molecule has 1 N–H and O–H groups in total. The van der Waals surface area contributed by atoms with Crippen molar-refractivity contribution in [3.8, 4) is 5.69 Å². The summed E-state index contributed by atoms with van der Waals surface area (Å²) in [5.41, 5.74) is 1.76. The van der Waals surface area contributed by atoms with Crippen LogP contribution in [0.3, 0.4) is 0 Å². The van der Waals surface area contributed by atoms with Crippen molar-refractivity contribution in [1.82, 2.24) is 9.78 Å². The molecule has 10 heteroatoms. The Balaban J connectivity index is 1.75. The van der Waals surface area contributed by atoms with E-state index in [0.717, 1.165) is 0 Å². The van der Waals surface area contributed by atoms with E-state index in [-0.39, 0.29) is 11.4 Å². The highest BCUT2D eigenvalue weighted by atomic mass is 16.6. The summed E-state index contributed by atoms with van der Waals surface area (Å²) in [5, 5.41) is 28.5. The van der Waals surface area contributed by atoms with Crippen LogP contribution in [-0.2, 0) is 4.79 Å². The summed E-state index contributed by atoms with van der Waals surface area (Å²) in [5.74, 6) is -0.0267. The number of nitrogens with zero attached hydrogens (tertiary/aromatic N) is 4. The van der Waals surface area contributed by atoms with Gasteiger partial charge < -0.3 is 5.32 Å². The van der Waals surface area contributed by atoms with Crippen LogP contribution in [0.1, 0.15) is 11.3 Å². The first-order valence-electron chi connectivity index (χ1n) is 8.38. The van der Waals surface area contributed by atoms with Gasteiger partial charge in [0, 0.05) is 36.4 Å². The number of carbonyl (C=O) groups is 1. The maximum Gasteiger partial charge on any atom is 0.269 e. The monoisotopic (exact) mass is 393 g/mol. The Bertz CT molecular complexity index is 1100. The highest BCUT2D eigenvalue weighted by Gasteiger charge is 2.11. The van der Waals surface area contributed by atoms with Crippen LogP contribution in [-0.4, -0.2) is 25.5 Å². The zero-order chi connectivity index (χ0) is 21.0. The minimum absolute atomic E-state index is 0.0333. The highest BCUT2D eigenvalue weighted by molar-refractivity contribution is 6.01. The molecule has 1 aromatic heterocycles. The molecule has 29 heavy (non-hydrogen) atoms. The average molecular weight is 393 g/mol. The van der Waals surface area contributed by atoms with Gasteiger partial charge in [-0.15, -0.1) is 0 Å². The topological polar surface area (TPSA) is 133 Å². The molecule has 0 aliphatic rings. The second-order valence-electron chi connectivity index (χ2n) is 6.03. The lowest BCUT2D eigenvalue weighted by Gasteiger charge is -2.07. The van der Waals surface area contributed by atoms with Crippen LogP contribution in [0.2, 0.25) is 0 Å². The van der Waals surface area contributed by atoms with Gasteiger partial charge in [0.1, 0.15) is 5.82 Å². The van der Waals surface area contributed by atoms with Crippen LogP contribution in [0.5, 0.6) is 0 Å². The normalized spacial score (nSPS) is 10.8. The van der Waals surface area contributed by atoms with Crippen LogP contribution in [0, 0.1) is 27.2 Å². The molecule has 146 valence electrons. The van der Waals surface area contributed by atoms with Crippen molar-refractivity contribution >= 4 is 29.2 Å². The Kier molecular flexibility index (Phi) is 5.44. The predicted molar refractivity (Wildman–Crippen MR) is 106 cm³/mol. The molecule has 3 aromatic rings. The predicted octanol–water partition coefficient (Wildman–Crippen LogP) is 3.65. The van der Waals surface area contributed by atoms with Crippen molar-refractivity contribution in [1.29, 1.82) is 0 Å². The third kappa shape index (κ3) is 4.69. The number of hydrogen-bond donors (Lipinski definition) is 1. The molecule has 10 nitrogen and oxygen atoms in total. The molecule has 0 radical (unpaired) electrons. The number of nitrogens with one attached hydrogen (secondary N) is 1. The number of nitro groups is 2. The van der Waals surface area contributed by atoms with E-state index in [1.54, 1.807) is 13.0 Å². The largest absolute Gasteiger partial charge is 0.307 e. The summed E-state index contributed by atoms with van der Waals surface area (Å²) in [6.45, 7) is 1.75. The summed E-state index contributed by atoms with van der Waals surface area (Å²) in [6, 6.07) is 13.2. The first-order chi connectivity index (χ1) is 13.8. The van der Waals surface area contributed by atoms with Crippen molar-refractivity contribution < 1.29 is 14.6 Å². The molecule has 0 saturated heterocycles. The molecule has 0 fully saturated rings. The summed E-state index contributed by atoms with van der Waals surface area (Å²) in [6.07, 6.45) is 2.82. The summed E-state index contributed by atoms with van der Waals surface area (Å²) >= 11 is 0. The molecule has 1 heterocycles. The lowest BCUT2D eigenvalue weighted by atomic mass is 10.2. The fourth-order valence-electron chi connectivity index (χ4n) is 2.55. The van der Waals surface area contributed by atoms with Crippen LogP contribution in [0.4, 0.5) is 17.2 Å². The lowest BCUT2D eigenvalue weighted by Crippen LogP contribution is -2.12. The Labute approximate surface area is 164 Å². The minimum atomic E-state index is -0.498. The second kappa shape index (κ2) is 8.13. The number of amides is 1. The van der Waals surface area contributed by atoms with E-state index in [0.29, 0.717) is 22.8 Å². The molecule has 0 unspecified atom stereocenters. The maximum absolute atomic E-state index is 12.3. The number of rotatable bonds is 6. The fourth-order valence-corrected chi connectivity index (χ4v) is 2.55. The van der Waals surface area contributed by atoms with Crippen molar-refractivity contribution in [2.75, 3.05) is 5.32 Å². The molecule has 2 aromatic carbocycles. The molecule has 0 saturated carbocycles. The Hall–Kier alpha value is -4.34. The third-order valence-corrected chi connectivity index (χ3v) is 3.92. The van der Waals surface area contributed by atoms with E-state index in [2.05, 4.69) is 10.4 Å². The van der Waals surface area contributed by atoms with Gasteiger partial charge in [-0.25, -0.2) is 4.68 Å². The van der Waals surface area contributed by atoms with Gasteiger partial charge >= 0.3 is 0 Å². The smallest absolute Gasteiger partial charge is 0.269 e. The Morgan fingerprint density at radius 2 is 1.55 bits per heavy atom. The first kappa shape index (κ1) is 19.4. The van der Waals surface area contributed by atoms with Crippen molar-refractivity contribution in [3.63, 3.8) is 0 Å². The highest BCUT2D eigenvalue weighted by Crippen LogP contribution is 2.20. The van der Waals surface area contributed by atoms with Gasteiger partial charge in [-0.3, -0.25) is 25.0 Å². The average Bonchev–Trinajstić information content (AvgIpc) is 3.06. The third-order valence-electron chi connectivity index (χ3n) is 3.92. The fraction of sp³-hybridized carbons (Fsp3) is 0.0526. The van der Waals surface area contributed by atoms with Crippen molar-refractivity contribution in [2.24, 2.45) is 0 Å². The van der Waals surface area contributed by atoms with Gasteiger partial charge in [-0.05, 0) is 42.8 Å². The summed E-state index contributed by atoms with van der Waals surface area (Å²) < 4.78 is 1.47. The van der Waals surface area contributed by atoms with Gasteiger partial charge in [-0.2, -0.15) is 5.10 Å². The van der Waals surface area contributed by atoms with E-state index in [4.69, 9.17) is 0 Å². The van der Waals surface area contributed by atoms with E-state index in [1.165, 1.54) is 65.4 Å². The number of nitro benzene ring substituents is 2. The van der Waals surface area contributed by atoms with Gasteiger partial charge in [-0.1, -0.05) is 0 Å². The number of aryl methyl sites for hydroxylation is 1. The first-order valence-corrected chi connectivity index (χ1v) is 8.38. The summed E-state index contributed by atoms with van der Waals surface area (Å²) in [4.78, 5) is 32.7. The van der Waals surface area contributed by atoms with Crippen LogP contribution in [0.15, 0.2) is 60.7 Å². The Morgan fingerprint density at radius 3 is 2.10 bits per heavy atom. The molecular formula is C19H15N5O5. The number of anilines is 1. The Morgan fingerprint density at radius 1 is 1.00 bits per heavy atom. The molecule has 0 atom stereocenters. The van der Waals surface area contributed by atoms with E-state index in [9.17, 15) is 25.0 Å². The SMILES string of the molecule is Cc1cc(NC(=O)/C=C/c2ccc([N+](=O)[O-])cc2)n(-c2ccc([N+](=O)[O-])cc2)n1. The molecule has 0 spiro atoms. The molecular weight excluding hydrogens is 378 g/mol. The van der Waals surface area contributed by atoms with E-state index < -0.39 is 15.8 Å². The quantitative estimate of drug-likeness (QED) is 0.386.